The number of likely N-dealkylation sites (N-methyl/N-ethyl adjacent to an activating group) is 1. The molecule has 0 radical (unpaired) electrons. The molecule has 0 amide bonds. The summed E-state index contributed by atoms with van der Waals surface area (Å²) in [6, 6.07) is 12.3. The quantitative estimate of drug-likeness (QED) is 0.821. The second-order valence-electron chi connectivity index (χ2n) is 4.98. The molecule has 102 valence electrons. The van der Waals surface area contributed by atoms with Crippen LogP contribution in [0.15, 0.2) is 42.6 Å². The van der Waals surface area contributed by atoms with Crippen LogP contribution in [0.5, 0.6) is 0 Å². The Kier molecular flexibility index (Phi) is 4.02. The van der Waals surface area contributed by atoms with Gasteiger partial charge in [0.05, 0.1) is 5.69 Å². The van der Waals surface area contributed by atoms with E-state index in [0.717, 1.165) is 17.8 Å². The number of benzene rings is 1. The smallest absolute Gasteiger partial charge is 0.147 e. The van der Waals surface area contributed by atoms with E-state index in [1.54, 1.807) is 7.11 Å². The standard InChI is InChI=1S/C15H21N3O/c1-17(2)12-15(19-4,13-8-6-5-7-9-13)14-10-11-16-18(14)3/h5-11H,12H2,1-4H3. The van der Waals surface area contributed by atoms with Crippen LogP contribution < -0.4 is 0 Å². The largest absolute Gasteiger partial charge is 0.366 e. The maximum Gasteiger partial charge on any atom is 0.147 e. The maximum atomic E-state index is 5.96. The van der Waals surface area contributed by atoms with Gasteiger partial charge in [0, 0.05) is 26.9 Å². The van der Waals surface area contributed by atoms with Crippen LogP contribution in [-0.2, 0) is 17.4 Å². The molecule has 0 fully saturated rings. The Morgan fingerprint density at radius 3 is 2.37 bits per heavy atom. The van der Waals surface area contributed by atoms with E-state index >= 15 is 0 Å². The Balaban J connectivity index is 2.58. The van der Waals surface area contributed by atoms with Gasteiger partial charge in [0.1, 0.15) is 5.60 Å². The van der Waals surface area contributed by atoms with Crippen LogP contribution in [0.25, 0.3) is 0 Å². The first kappa shape index (κ1) is 13.8. The second-order valence-corrected chi connectivity index (χ2v) is 4.98. The van der Waals surface area contributed by atoms with Crippen molar-refractivity contribution in [2.45, 2.75) is 5.60 Å². The molecule has 0 aliphatic heterocycles. The van der Waals surface area contributed by atoms with Gasteiger partial charge in [0.25, 0.3) is 0 Å². The van der Waals surface area contributed by atoms with Crippen LogP contribution in [-0.4, -0.2) is 42.4 Å². The lowest BCUT2D eigenvalue weighted by Crippen LogP contribution is -2.42. The van der Waals surface area contributed by atoms with Crippen molar-refractivity contribution in [2.75, 3.05) is 27.7 Å². The van der Waals surface area contributed by atoms with Crippen LogP contribution in [0.3, 0.4) is 0 Å². The maximum absolute atomic E-state index is 5.96. The van der Waals surface area contributed by atoms with Gasteiger partial charge >= 0.3 is 0 Å². The van der Waals surface area contributed by atoms with Gasteiger partial charge in [0.15, 0.2) is 0 Å². The number of aryl methyl sites for hydroxylation is 1. The van der Waals surface area contributed by atoms with Gasteiger partial charge in [-0.3, -0.25) is 4.68 Å². The van der Waals surface area contributed by atoms with Gasteiger partial charge in [-0.05, 0) is 25.7 Å². The number of ether oxygens (including phenoxy) is 1. The third kappa shape index (κ3) is 2.55. The van der Waals surface area contributed by atoms with Crippen molar-refractivity contribution in [3.63, 3.8) is 0 Å². The highest BCUT2D eigenvalue weighted by Gasteiger charge is 2.37. The Morgan fingerprint density at radius 1 is 1.21 bits per heavy atom. The third-order valence-corrected chi connectivity index (χ3v) is 3.36. The van der Waals surface area contributed by atoms with Crippen molar-refractivity contribution in [1.82, 2.24) is 14.7 Å². The van der Waals surface area contributed by atoms with Gasteiger partial charge in [0.2, 0.25) is 0 Å². The molecule has 0 aliphatic rings. The molecule has 19 heavy (non-hydrogen) atoms. The highest BCUT2D eigenvalue weighted by molar-refractivity contribution is 5.33. The number of hydrogen-bond donors (Lipinski definition) is 0. The first-order chi connectivity index (χ1) is 9.10. The zero-order valence-electron chi connectivity index (χ0n) is 12.0. The second kappa shape index (κ2) is 5.55. The minimum absolute atomic E-state index is 0.504. The fourth-order valence-electron chi connectivity index (χ4n) is 2.53. The molecule has 1 unspecified atom stereocenters. The van der Waals surface area contributed by atoms with Crippen molar-refractivity contribution in [1.29, 1.82) is 0 Å². The Labute approximate surface area is 114 Å². The Hall–Kier alpha value is -1.65. The highest BCUT2D eigenvalue weighted by atomic mass is 16.5. The van der Waals surface area contributed by atoms with Gasteiger partial charge < -0.3 is 9.64 Å². The summed E-state index contributed by atoms with van der Waals surface area (Å²) in [4.78, 5) is 2.13. The molecule has 2 aromatic rings. The molecule has 4 nitrogen and oxygen atoms in total. The number of nitrogens with zero attached hydrogens (tertiary/aromatic N) is 3. The van der Waals surface area contributed by atoms with E-state index < -0.39 is 5.60 Å². The first-order valence-electron chi connectivity index (χ1n) is 6.34. The minimum atomic E-state index is -0.504. The predicted molar refractivity (Wildman–Crippen MR) is 76.0 cm³/mol. The summed E-state index contributed by atoms with van der Waals surface area (Å²) < 4.78 is 7.83. The molecule has 1 aromatic carbocycles. The average molecular weight is 259 g/mol. The number of aromatic nitrogens is 2. The fraction of sp³-hybridized carbons (Fsp3) is 0.400. The zero-order chi connectivity index (χ0) is 13.9. The molecule has 0 spiro atoms. The van der Waals surface area contributed by atoms with Crippen LogP contribution in [0.1, 0.15) is 11.3 Å². The van der Waals surface area contributed by atoms with Crippen molar-refractivity contribution >= 4 is 0 Å². The van der Waals surface area contributed by atoms with Crippen molar-refractivity contribution in [3.8, 4) is 0 Å². The molecule has 2 rings (SSSR count). The molecule has 0 N–H and O–H groups in total. The fourth-order valence-corrected chi connectivity index (χ4v) is 2.53. The summed E-state index contributed by atoms with van der Waals surface area (Å²) >= 11 is 0. The number of hydrogen-bond acceptors (Lipinski definition) is 3. The van der Waals surface area contributed by atoms with Crippen LogP contribution in [0.4, 0.5) is 0 Å². The van der Waals surface area contributed by atoms with E-state index in [1.807, 2.05) is 56.3 Å². The highest BCUT2D eigenvalue weighted by Crippen LogP contribution is 2.33. The van der Waals surface area contributed by atoms with Gasteiger partial charge in [-0.2, -0.15) is 5.10 Å². The molecule has 1 heterocycles. The summed E-state index contributed by atoms with van der Waals surface area (Å²) in [5.41, 5.74) is 1.68. The Bertz CT molecular complexity index is 521. The molecule has 1 atom stereocenters. The van der Waals surface area contributed by atoms with E-state index in [-0.39, 0.29) is 0 Å². The SMILES string of the molecule is COC(CN(C)C)(c1ccccc1)c1ccnn1C. The predicted octanol–water partition coefficient (Wildman–Crippen LogP) is 1.87. The zero-order valence-corrected chi connectivity index (χ0v) is 12.0. The van der Waals surface area contributed by atoms with Crippen LogP contribution in [0.2, 0.25) is 0 Å². The third-order valence-electron chi connectivity index (χ3n) is 3.36. The van der Waals surface area contributed by atoms with Crippen LogP contribution in [0, 0.1) is 0 Å². The van der Waals surface area contributed by atoms with Crippen molar-refractivity contribution in [3.05, 3.63) is 53.9 Å². The monoisotopic (exact) mass is 259 g/mol. The van der Waals surface area contributed by atoms with E-state index in [1.165, 1.54) is 0 Å². The number of rotatable bonds is 5. The van der Waals surface area contributed by atoms with Crippen LogP contribution >= 0.6 is 0 Å². The molecule has 1 aromatic heterocycles. The lowest BCUT2D eigenvalue weighted by atomic mass is 9.89. The average Bonchev–Trinajstić information content (AvgIpc) is 2.83. The molecular formula is C15H21N3O. The number of methoxy groups -OCH3 is 1. The topological polar surface area (TPSA) is 30.3 Å². The van der Waals surface area contributed by atoms with Gasteiger partial charge in [-0.15, -0.1) is 0 Å². The van der Waals surface area contributed by atoms with Crippen molar-refractivity contribution in [2.24, 2.45) is 7.05 Å². The Morgan fingerprint density at radius 2 is 1.89 bits per heavy atom. The lowest BCUT2D eigenvalue weighted by Gasteiger charge is -2.35. The molecule has 0 aliphatic carbocycles. The summed E-state index contributed by atoms with van der Waals surface area (Å²) in [6.45, 7) is 0.757. The first-order valence-corrected chi connectivity index (χ1v) is 6.34. The summed E-state index contributed by atoms with van der Waals surface area (Å²) in [5, 5.41) is 4.28. The van der Waals surface area contributed by atoms with E-state index in [4.69, 9.17) is 4.74 Å². The minimum Gasteiger partial charge on any atom is -0.366 e. The lowest BCUT2D eigenvalue weighted by molar-refractivity contribution is -0.00462. The van der Waals surface area contributed by atoms with E-state index in [9.17, 15) is 0 Å². The van der Waals surface area contributed by atoms with E-state index in [2.05, 4.69) is 22.1 Å². The molecule has 4 heteroatoms. The summed E-state index contributed by atoms with van der Waals surface area (Å²) in [7, 11) is 7.80. The molecule has 0 saturated carbocycles. The molecule has 0 saturated heterocycles. The normalized spacial score (nSPS) is 14.6. The van der Waals surface area contributed by atoms with Gasteiger partial charge in [-0.25, -0.2) is 0 Å². The van der Waals surface area contributed by atoms with Crippen molar-refractivity contribution < 1.29 is 4.74 Å². The molecule has 0 bridgehead atoms. The van der Waals surface area contributed by atoms with E-state index in [0.29, 0.717) is 0 Å². The summed E-state index contributed by atoms with van der Waals surface area (Å²) in [5.74, 6) is 0. The molecular weight excluding hydrogens is 238 g/mol. The summed E-state index contributed by atoms with van der Waals surface area (Å²) in [6.07, 6.45) is 1.81. The van der Waals surface area contributed by atoms with Gasteiger partial charge in [-0.1, -0.05) is 30.3 Å².